The van der Waals surface area contributed by atoms with Crippen molar-refractivity contribution < 1.29 is 42.2 Å². The second-order valence-corrected chi connectivity index (χ2v) is 19.9. The molecular weight excluding hydrogens is 827 g/mol. The van der Waals surface area contributed by atoms with Crippen LogP contribution in [0, 0.1) is 5.92 Å². The molecule has 4 amide bonds. The summed E-state index contributed by atoms with van der Waals surface area (Å²) in [6.07, 6.45) is 4.60. The van der Waals surface area contributed by atoms with E-state index in [1.807, 2.05) is 25.3 Å². The van der Waals surface area contributed by atoms with Crippen molar-refractivity contribution >= 4 is 61.4 Å². The summed E-state index contributed by atoms with van der Waals surface area (Å²) in [4.78, 5) is 66.3. The highest BCUT2D eigenvalue weighted by Crippen LogP contribution is 2.48. The van der Waals surface area contributed by atoms with Gasteiger partial charge in [-0.2, -0.15) is 17.0 Å². The Balaban J connectivity index is 1.17. The predicted molar refractivity (Wildman–Crippen MR) is 230 cm³/mol. The smallest absolute Gasteiger partial charge is 0.329 e. The predicted octanol–water partition coefficient (Wildman–Crippen LogP) is 3.79. The molecule has 1 aliphatic carbocycles. The van der Waals surface area contributed by atoms with Crippen molar-refractivity contribution in [2.45, 2.75) is 114 Å². The molecule has 61 heavy (non-hydrogen) atoms. The number of nitrogens with zero attached hydrogens (tertiary/aromatic N) is 5. The Bertz CT molecular complexity index is 2240. The molecule has 3 aliphatic heterocycles. The average Bonchev–Trinajstić information content (AvgIpc) is 3.44. The molecule has 0 spiro atoms. The van der Waals surface area contributed by atoms with E-state index in [0.717, 1.165) is 30.8 Å². The molecule has 18 nitrogen and oxygen atoms in total. The van der Waals surface area contributed by atoms with E-state index in [9.17, 15) is 32.7 Å². The molecule has 6 atom stereocenters. The Morgan fingerprint density at radius 3 is 2.51 bits per heavy atom. The maximum Gasteiger partial charge on any atom is 0.329 e. The summed E-state index contributed by atoms with van der Waals surface area (Å²) in [6.45, 7) is 6.41. The number of carboxylic acid groups (broad SMARTS) is 1. The number of ether oxygens (including phenoxy) is 2. The maximum atomic E-state index is 14.7. The molecular formula is C41H57N9O9S2. The topological polar surface area (TPSA) is 225 Å². The highest BCUT2D eigenvalue weighted by Gasteiger charge is 2.62. The normalized spacial score (nSPS) is 26.7. The molecule has 5 N–H and O–H groups in total. The van der Waals surface area contributed by atoms with E-state index in [0.29, 0.717) is 72.6 Å². The number of benzene rings is 1. The van der Waals surface area contributed by atoms with Crippen LogP contribution in [0.25, 0.3) is 22.3 Å². The number of hydrogen-bond donors (Lipinski definition) is 5. The minimum atomic E-state index is -3.62. The number of likely N-dealkylation sites (N-methyl/N-ethyl adjacent to an activating group) is 1. The molecule has 7 rings (SSSR count). The molecule has 3 saturated heterocycles. The van der Waals surface area contributed by atoms with Crippen molar-refractivity contribution in [1.29, 1.82) is 0 Å². The lowest BCUT2D eigenvalue weighted by Gasteiger charge is -2.30. The van der Waals surface area contributed by atoms with E-state index in [1.54, 1.807) is 32.2 Å². The van der Waals surface area contributed by atoms with Crippen LogP contribution in [-0.2, 0) is 24.6 Å². The fraction of sp³-hybridized carbons (Fsp3) is 0.610. The van der Waals surface area contributed by atoms with E-state index >= 15 is 0 Å². The summed E-state index contributed by atoms with van der Waals surface area (Å²) in [5.74, 6) is -1.36. The molecule has 332 valence electrons. The lowest BCUT2D eigenvalue weighted by Crippen LogP contribution is -2.58. The van der Waals surface area contributed by atoms with Gasteiger partial charge in [-0.15, -0.1) is 11.3 Å². The zero-order valence-corrected chi connectivity index (χ0v) is 36.9. The van der Waals surface area contributed by atoms with E-state index in [1.165, 1.54) is 31.9 Å². The number of thiazole rings is 1. The van der Waals surface area contributed by atoms with E-state index in [2.05, 4.69) is 21.3 Å². The van der Waals surface area contributed by atoms with Gasteiger partial charge in [0.15, 0.2) is 5.13 Å². The summed E-state index contributed by atoms with van der Waals surface area (Å²) in [6, 6.07) is 4.03. The van der Waals surface area contributed by atoms with E-state index in [-0.39, 0.29) is 31.5 Å². The number of fused-ring (bicyclic) bond motifs is 3. The van der Waals surface area contributed by atoms with Gasteiger partial charge < -0.3 is 40.7 Å². The van der Waals surface area contributed by atoms with Crippen molar-refractivity contribution in [1.82, 2.24) is 39.4 Å². The molecule has 4 aliphatic rings. The number of carbonyl (C=O) groups excluding carboxylic acids is 3. The molecule has 1 unspecified atom stereocenters. The van der Waals surface area contributed by atoms with Crippen LogP contribution in [0.15, 0.2) is 29.6 Å². The fourth-order valence-corrected chi connectivity index (χ4v) is 10.9. The third-order valence-corrected chi connectivity index (χ3v) is 14.7. The molecule has 0 bridgehead atoms. The van der Waals surface area contributed by atoms with E-state index < -0.39 is 63.8 Å². The third kappa shape index (κ3) is 9.81. The number of amides is 4. The molecule has 1 saturated carbocycles. The Morgan fingerprint density at radius 1 is 1.05 bits per heavy atom. The van der Waals surface area contributed by atoms with Crippen molar-refractivity contribution in [2.24, 2.45) is 5.92 Å². The summed E-state index contributed by atoms with van der Waals surface area (Å²) >= 11 is 1.45. The van der Waals surface area contributed by atoms with Crippen LogP contribution in [0.1, 0.15) is 78.6 Å². The third-order valence-electron chi connectivity index (χ3n) is 12.0. The molecule has 20 heteroatoms. The first kappa shape index (κ1) is 44.3. The summed E-state index contributed by atoms with van der Waals surface area (Å²) < 4.78 is 40.1. The second-order valence-electron chi connectivity index (χ2n) is 17.0. The zero-order chi connectivity index (χ0) is 43.6. The average molecular weight is 884 g/mol. The van der Waals surface area contributed by atoms with Gasteiger partial charge in [0.1, 0.15) is 40.9 Å². The molecule has 2 aromatic heterocycles. The van der Waals surface area contributed by atoms with Crippen LogP contribution in [0.4, 0.5) is 9.93 Å². The number of rotatable bonds is 11. The Labute approximate surface area is 360 Å². The largest absolute Gasteiger partial charge is 0.497 e. The molecule has 5 heterocycles. The number of carboxylic acids is 1. The van der Waals surface area contributed by atoms with Gasteiger partial charge in [0, 0.05) is 68.1 Å². The number of methoxy groups -OCH3 is 1. The standard InChI is InChI=1S/C41H57N9O9S2/c1-24(2)42-40-46-33(23-60-40)32-19-35(29-14-13-27(58-5)17-31(29)44-32)59-28-18-34-36(51)47-41(38(53)54)20-26(41)11-9-7-6-8-10-12-30(37(52)50(34)22-28)45-39(55)43-25(3)21-49-16-15-48(4)61(49,56)57/h13-14,17,19,23-26,28,30,34H,6-12,15-16,18,20-22H2,1-5H3,(H,42,46)(H,47,51)(H,53,54)(H2,43,45,55)/t25-,26?,28+,30-,34-,41+/m0/s1. The van der Waals surface area contributed by atoms with Crippen LogP contribution < -0.4 is 30.7 Å². The van der Waals surface area contributed by atoms with Crippen molar-refractivity contribution in [3.05, 3.63) is 29.6 Å². The molecule has 1 aromatic carbocycles. The number of aromatic nitrogens is 2. The Kier molecular flexibility index (Phi) is 13.3. The Morgan fingerprint density at radius 2 is 1.80 bits per heavy atom. The maximum absolute atomic E-state index is 14.7. The lowest BCUT2D eigenvalue weighted by atomic mass is 10.0. The first-order chi connectivity index (χ1) is 29.1. The minimum Gasteiger partial charge on any atom is -0.497 e. The number of pyridine rings is 1. The van der Waals surface area contributed by atoms with Crippen LogP contribution in [0.5, 0.6) is 11.5 Å². The van der Waals surface area contributed by atoms with Gasteiger partial charge in [0.05, 0.1) is 24.9 Å². The van der Waals surface area contributed by atoms with Gasteiger partial charge in [-0.05, 0) is 58.1 Å². The summed E-state index contributed by atoms with van der Waals surface area (Å²) in [5, 5.41) is 25.5. The van der Waals surface area contributed by atoms with Crippen molar-refractivity contribution in [3.63, 3.8) is 0 Å². The van der Waals surface area contributed by atoms with Gasteiger partial charge in [-0.25, -0.2) is 19.6 Å². The molecule has 4 fully saturated rings. The van der Waals surface area contributed by atoms with Crippen LogP contribution in [-0.4, -0.2) is 137 Å². The number of anilines is 1. The van der Waals surface area contributed by atoms with Crippen LogP contribution in [0.3, 0.4) is 0 Å². The number of nitrogens with one attached hydrogen (secondary N) is 4. The van der Waals surface area contributed by atoms with Crippen LogP contribution >= 0.6 is 11.3 Å². The van der Waals surface area contributed by atoms with Gasteiger partial charge in [0.2, 0.25) is 11.8 Å². The SMILES string of the molecule is COc1ccc2c(O[C@@H]3C[C@H]4C(=O)N[C@]5(C(=O)O)CC5CCCCCCC[C@H](NC(=O)N[C@@H](C)CN5CCN(C)S5(=O)=O)C(=O)N4C3)cc(-c3csc(NC(C)C)n3)nc2c1. The first-order valence-electron chi connectivity index (χ1n) is 21.1. The van der Waals surface area contributed by atoms with Crippen molar-refractivity contribution in [3.8, 4) is 22.9 Å². The molecule has 3 aromatic rings. The quantitative estimate of drug-likeness (QED) is 0.186. The monoisotopic (exact) mass is 883 g/mol. The fourth-order valence-electron chi connectivity index (χ4n) is 8.61. The number of hydrogen-bond acceptors (Lipinski definition) is 12. The lowest BCUT2D eigenvalue weighted by molar-refractivity contribution is -0.145. The van der Waals surface area contributed by atoms with Gasteiger partial charge in [-0.1, -0.05) is 32.1 Å². The van der Waals surface area contributed by atoms with Gasteiger partial charge in [-0.3, -0.25) is 9.59 Å². The van der Waals surface area contributed by atoms with Crippen LogP contribution in [0.2, 0.25) is 0 Å². The summed E-state index contributed by atoms with van der Waals surface area (Å²) in [5.41, 5.74) is 0.349. The Hall–Kier alpha value is -4.79. The zero-order valence-electron chi connectivity index (χ0n) is 35.3. The van der Waals surface area contributed by atoms with Crippen molar-refractivity contribution in [2.75, 3.05) is 45.7 Å². The number of aliphatic carboxylic acids is 1. The first-order valence-corrected chi connectivity index (χ1v) is 23.4. The minimum absolute atomic E-state index is 0.0224. The summed E-state index contributed by atoms with van der Waals surface area (Å²) in [7, 11) is -0.547. The second kappa shape index (κ2) is 18.3. The highest BCUT2D eigenvalue weighted by molar-refractivity contribution is 7.87. The molecule has 0 radical (unpaired) electrons. The van der Waals surface area contributed by atoms with Gasteiger partial charge in [0.25, 0.3) is 10.2 Å². The number of carbonyl (C=O) groups is 4. The van der Waals surface area contributed by atoms with E-state index in [4.69, 9.17) is 19.4 Å². The highest BCUT2D eigenvalue weighted by atomic mass is 32.2. The van der Waals surface area contributed by atoms with Gasteiger partial charge >= 0.3 is 12.0 Å². The number of urea groups is 1.